The third-order valence-electron chi connectivity index (χ3n) is 8.09. The predicted octanol–water partition coefficient (Wildman–Crippen LogP) is 5.21. The molecule has 0 aromatic heterocycles. The van der Waals surface area contributed by atoms with Gasteiger partial charge in [-0.05, 0) is 79.3 Å². The number of benzene rings is 2. The van der Waals surface area contributed by atoms with Gasteiger partial charge in [-0.15, -0.1) is 0 Å². The van der Waals surface area contributed by atoms with Crippen molar-refractivity contribution in [2.45, 2.75) is 66.0 Å². The average Bonchev–Trinajstić information content (AvgIpc) is 3.38. The van der Waals surface area contributed by atoms with Gasteiger partial charge >= 0.3 is 0 Å². The first kappa shape index (κ1) is 25.1. The molecule has 5 heteroatoms. The Morgan fingerprint density at radius 2 is 2.00 bits per heavy atom. The van der Waals surface area contributed by atoms with Crippen LogP contribution in [-0.4, -0.2) is 55.5 Å². The van der Waals surface area contributed by atoms with Gasteiger partial charge in [0.1, 0.15) is 5.75 Å². The molecule has 1 fully saturated rings. The van der Waals surface area contributed by atoms with Crippen LogP contribution in [0.25, 0.3) is 0 Å². The van der Waals surface area contributed by atoms with E-state index in [1.807, 2.05) is 0 Å². The molecule has 1 amide bonds. The van der Waals surface area contributed by atoms with E-state index in [-0.39, 0.29) is 5.92 Å². The van der Waals surface area contributed by atoms with E-state index in [1.54, 1.807) is 0 Å². The number of amides is 1. The fourth-order valence-corrected chi connectivity index (χ4v) is 6.44. The summed E-state index contributed by atoms with van der Waals surface area (Å²) in [6.45, 7) is 12.8. The van der Waals surface area contributed by atoms with Crippen LogP contribution in [0.5, 0.6) is 5.75 Å². The van der Waals surface area contributed by atoms with Crippen molar-refractivity contribution in [2.24, 2.45) is 11.8 Å². The maximum atomic E-state index is 13.8. The van der Waals surface area contributed by atoms with Gasteiger partial charge in [0, 0.05) is 45.5 Å². The molecule has 194 valence electrons. The topological polar surface area (TPSA) is 36.0 Å². The van der Waals surface area contributed by atoms with E-state index in [4.69, 9.17) is 4.74 Å². The molecule has 3 aliphatic heterocycles. The number of carbonyl (C=O) groups excluding carboxylic acids is 1. The molecule has 3 aliphatic rings. The van der Waals surface area contributed by atoms with Crippen LogP contribution in [0.1, 0.15) is 60.9 Å². The highest BCUT2D eigenvalue weighted by Gasteiger charge is 2.33. The van der Waals surface area contributed by atoms with Crippen LogP contribution >= 0.6 is 0 Å². The van der Waals surface area contributed by atoms with Crippen molar-refractivity contribution in [3.8, 4) is 5.75 Å². The molecule has 0 bridgehead atoms. The monoisotopic (exact) mass is 489 g/mol. The zero-order chi connectivity index (χ0) is 25.2. The van der Waals surface area contributed by atoms with Gasteiger partial charge < -0.3 is 14.5 Å². The number of hydrogen-bond acceptors (Lipinski definition) is 4. The van der Waals surface area contributed by atoms with Gasteiger partial charge in [0.2, 0.25) is 5.91 Å². The van der Waals surface area contributed by atoms with Crippen LogP contribution in [0.4, 0.5) is 5.69 Å². The summed E-state index contributed by atoms with van der Waals surface area (Å²) in [5, 5.41) is 0. The molecule has 5 nitrogen and oxygen atoms in total. The van der Waals surface area contributed by atoms with E-state index >= 15 is 0 Å². The standard InChI is InChI=1S/C31H43N3O2/c1-22(2)18-34(19-24-16-23(3)30-26(17-24)8-5-6-15-36-30)31(35)28-12-14-33(21-28)20-27-10-7-9-25-11-13-32(4)29(25)27/h7,9-10,16-17,22,28H,5-6,8,11-15,18-21H2,1-4H3. The highest BCUT2D eigenvalue weighted by molar-refractivity contribution is 5.79. The van der Waals surface area contributed by atoms with Gasteiger partial charge in [-0.3, -0.25) is 9.69 Å². The number of aryl methyl sites for hydroxylation is 2. The van der Waals surface area contributed by atoms with Crippen LogP contribution in [-0.2, 0) is 30.7 Å². The van der Waals surface area contributed by atoms with Crippen LogP contribution < -0.4 is 9.64 Å². The number of hydrogen-bond donors (Lipinski definition) is 0. The average molecular weight is 490 g/mol. The largest absolute Gasteiger partial charge is 0.493 e. The number of likely N-dealkylation sites (N-methyl/N-ethyl adjacent to an activating group) is 1. The van der Waals surface area contributed by atoms with Gasteiger partial charge in [-0.1, -0.05) is 44.2 Å². The lowest BCUT2D eigenvalue weighted by atomic mass is 10.00. The van der Waals surface area contributed by atoms with E-state index in [0.717, 1.165) is 70.8 Å². The molecule has 0 aliphatic carbocycles. The number of para-hydroxylation sites is 1. The lowest BCUT2D eigenvalue weighted by molar-refractivity contribution is -0.136. The number of anilines is 1. The van der Waals surface area contributed by atoms with E-state index in [1.165, 1.54) is 39.9 Å². The van der Waals surface area contributed by atoms with Gasteiger partial charge in [0.25, 0.3) is 0 Å². The van der Waals surface area contributed by atoms with Gasteiger partial charge in [0.15, 0.2) is 0 Å². The molecule has 1 saturated heterocycles. The van der Waals surface area contributed by atoms with Gasteiger partial charge in [0.05, 0.1) is 12.5 Å². The fraction of sp³-hybridized carbons (Fsp3) is 0.581. The molecule has 0 N–H and O–H groups in total. The Kier molecular flexibility index (Phi) is 7.57. The lowest BCUT2D eigenvalue weighted by Gasteiger charge is -2.28. The second kappa shape index (κ2) is 10.8. The minimum absolute atomic E-state index is 0.0866. The van der Waals surface area contributed by atoms with Gasteiger partial charge in [-0.2, -0.15) is 0 Å². The third-order valence-corrected chi connectivity index (χ3v) is 8.09. The summed E-state index contributed by atoms with van der Waals surface area (Å²) in [5.41, 5.74) is 8.04. The summed E-state index contributed by atoms with van der Waals surface area (Å²) in [7, 11) is 2.20. The van der Waals surface area contributed by atoms with Crippen LogP contribution in [0.2, 0.25) is 0 Å². The Labute approximate surface area is 217 Å². The summed E-state index contributed by atoms with van der Waals surface area (Å²) in [6.07, 6.45) is 5.44. The fourth-order valence-electron chi connectivity index (χ4n) is 6.44. The molecule has 2 aromatic carbocycles. The second-order valence-corrected chi connectivity index (χ2v) is 11.6. The number of likely N-dealkylation sites (tertiary alicyclic amines) is 1. The maximum Gasteiger partial charge on any atom is 0.227 e. The molecule has 2 aromatic rings. The molecule has 0 spiro atoms. The van der Waals surface area contributed by atoms with Gasteiger partial charge in [-0.25, -0.2) is 0 Å². The van der Waals surface area contributed by atoms with Crippen molar-refractivity contribution in [3.05, 3.63) is 58.1 Å². The molecule has 36 heavy (non-hydrogen) atoms. The van der Waals surface area contributed by atoms with Crippen molar-refractivity contribution in [1.82, 2.24) is 9.80 Å². The normalized spacial score (nSPS) is 19.7. The van der Waals surface area contributed by atoms with Crippen molar-refractivity contribution in [2.75, 3.05) is 44.7 Å². The molecular weight excluding hydrogens is 446 g/mol. The summed E-state index contributed by atoms with van der Waals surface area (Å²) >= 11 is 0. The zero-order valence-corrected chi connectivity index (χ0v) is 22.7. The van der Waals surface area contributed by atoms with E-state index in [0.29, 0.717) is 18.4 Å². The van der Waals surface area contributed by atoms with Crippen LogP contribution in [0.15, 0.2) is 30.3 Å². The Bertz CT molecular complexity index is 1100. The predicted molar refractivity (Wildman–Crippen MR) is 147 cm³/mol. The summed E-state index contributed by atoms with van der Waals surface area (Å²) in [5.74, 6) is 1.93. The first-order valence-electron chi connectivity index (χ1n) is 14.0. The number of nitrogens with zero attached hydrogens (tertiary/aromatic N) is 3. The van der Waals surface area contributed by atoms with Crippen LogP contribution in [0.3, 0.4) is 0 Å². The van der Waals surface area contributed by atoms with Crippen molar-refractivity contribution >= 4 is 11.6 Å². The summed E-state index contributed by atoms with van der Waals surface area (Å²) in [6, 6.07) is 11.3. The SMILES string of the molecule is Cc1cc(CN(CC(C)C)C(=O)C2CCN(Cc3cccc4c3N(C)CC4)C2)cc2c1OCCCC2. The van der Waals surface area contributed by atoms with Crippen molar-refractivity contribution < 1.29 is 9.53 Å². The quantitative estimate of drug-likeness (QED) is 0.535. The highest BCUT2D eigenvalue weighted by atomic mass is 16.5. The Morgan fingerprint density at radius 3 is 2.83 bits per heavy atom. The Balaban J connectivity index is 1.27. The number of ether oxygens (including phenoxy) is 1. The molecule has 5 rings (SSSR count). The molecule has 3 heterocycles. The second-order valence-electron chi connectivity index (χ2n) is 11.6. The van der Waals surface area contributed by atoms with Crippen molar-refractivity contribution in [3.63, 3.8) is 0 Å². The number of rotatable bonds is 7. The molecule has 0 radical (unpaired) electrons. The van der Waals surface area contributed by atoms with E-state index in [9.17, 15) is 4.79 Å². The Hall–Kier alpha value is -2.53. The highest BCUT2D eigenvalue weighted by Crippen LogP contribution is 2.33. The minimum atomic E-state index is 0.0866. The third kappa shape index (κ3) is 5.41. The minimum Gasteiger partial charge on any atom is -0.493 e. The summed E-state index contributed by atoms with van der Waals surface area (Å²) in [4.78, 5) is 20.8. The molecule has 1 atom stereocenters. The van der Waals surface area contributed by atoms with Crippen molar-refractivity contribution in [1.29, 1.82) is 0 Å². The smallest absolute Gasteiger partial charge is 0.227 e. The first-order chi connectivity index (χ1) is 17.4. The number of fused-ring (bicyclic) bond motifs is 2. The Morgan fingerprint density at radius 1 is 1.14 bits per heavy atom. The summed E-state index contributed by atoms with van der Waals surface area (Å²) < 4.78 is 6.04. The first-order valence-corrected chi connectivity index (χ1v) is 14.0. The molecular formula is C31H43N3O2. The number of carbonyl (C=O) groups is 1. The van der Waals surface area contributed by atoms with E-state index < -0.39 is 0 Å². The van der Waals surface area contributed by atoms with Crippen LogP contribution in [0, 0.1) is 18.8 Å². The maximum absolute atomic E-state index is 13.8. The molecule has 0 saturated carbocycles. The zero-order valence-electron chi connectivity index (χ0n) is 22.7. The van der Waals surface area contributed by atoms with E-state index in [2.05, 4.69) is 72.9 Å². The lowest BCUT2D eigenvalue weighted by Crippen LogP contribution is -2.39. The molecule has 1 unspecified atom stereocenters.